The lowest BCUT2D eigenvalue weighted by atomic mass is 10.0. The number of hydrogen-bond acceptors (Lipinski definition) is 4. The van der Waals surface area contributed by atoms with Crippen LogP contribution in [0.15, 0.2) is 18.2 Å². The molecule has 1 aromatic carbocycles. The quantitative estimate of drug-likeness (QED) is 0.615. The third-order valence-corrected chi connectivity index (χ3v) is 3.75. The second-order valence-electron chi connectivity index (χ2n) is 5.14. The molecule has 0 aromatic heterocycles. The van der Waals surface area contributed by atoms with Gasteiger partial charge in [-0.25, -0.2) is 4.39 Å². The zero-order valence-corrected chi connectivity index (χ0v) is 11.5. The zero-order chi connectivity index (χ0) is 14.5. The summed E-state index contributed by atoms with van der Waals surface area (Å²) in [4.78, 5) is 12.6. The molecule has 1 aliphatic rings. The lowest BCUT2D eigenvalue weighted by Gasteiger charge is -2.32. The smallest absolute Gasteiger partial charge is 0.311 e. The summed E-state index contributed by atoms with van der Waals surface area (Å²) in [6.45, 7) is 1.43. The van der Waals surface area contributed by atoms with Crippen LogP contribution in [0.5, 0.6) is 5.75 Å². The Morgan fingerprint density at radius 1 is 1.50 bits per heavy atom. The predicted octanol–water partition coefficient (Wildman–Crippen LogP) is 2.99. The Balaban J connectivity index is 1.93. The molecule has 1 saturated heterocycles. The molecule has 1 fully saturated rings. The van der Waals surface area contributed by atoms with Crippen molar-refractivity contribution in [2.75, 3.05) is 20.2 Å². The zero-order valence-electron chi connectivity index (χ0n) is 11.5. The lowest BCUT2D eigenvalue weighted by Crippen LogP contribution is -2.37. The fourth-order valence-electron chi connectivity index (χ4n) is 2.57. The number of piperidine rings is 1. The maximum Gasteiger partial charge on any atom is 0.311 e. The van der Waals surface area contributed by atoms with Crippen molar-refractivity contribution in [2.24, 2.45) is 0 Å². The van der Waals surface area contributed by atoms with Crippen LogP contribution >= 0.6 is 0 Å². The van der Waals surface area contributed by atoms with Crippen molar-refractivity contribution in [1.82, 2.24) is 4.90 Å². The molecule has 110 valence electrons. The van der Waals surface area contributed by atoms with Crippen molar-refractivity contribution >= 4 is 5.69 Å². The number of nitrogens with zero attached hydrogens (tertiary/aromatic N) is 2. The Kier molecular flexibility index (Phi) is 4.89. The summed E-state index contributed by atoms with van der Waals surface area (Å²) in [5.41, 5.74) is -0.191. The molecule has 1 heterocycles. The molecule has 0 saturated carbocycles. The minimum atomic E-state index is -0.554. The van der Waals surface area contributed by atoms with E-state index in [4.69, 9.17) is 4.74 Å². The van der Waals surface area contributed by atoms with Gasteiger partial charge in [0.25, 0.3) is 0 Å². The van der Waals surface area contributed by atoms with Crippen LogP contribution in [0.4, 0.5) is 10.1 Å². The Morgan fingerprint density at radius 3 is 3.00 bits per heavy atom. The van der Waals surface area contributed by atoms with E-state index < -0.39 is 10.7 Å². The Labute approximate surface area is 117 Å². The normalized spacial score (nSPS) is 19.8. The number of benzene rings is 1. The highest BCUT2D eigenvalue weighted by atomic mass is 19.1. The number of likely N-dealkylation sites (tertiary alicyclic amines) is 1. The molecule has 2 rings (SSSR count). The molecule has 1 atom stereocenters. The highest BCUT2D eigenvalue weighted by Crippen LogP contribution is 2.28. The molecule has 20 heavy (non-hydrogen) atoms. The number of nitro benzene ring substituents is 1. The first-order valence-corrected chi connectivity index (χ1v) is 6.85. The van der Waals surface area contributed by atoms with Gasteiger partial charge < -0.3 is 9.64 Å². The predicted molar refractivity (Wildman–Crippen MR) is 73.4 cm³/mol. The Bertz CT molecular complexity index is 481. The molecule has 0 radical (unpaired) electrons. The first-order valence-electron chi connectivity index (χ1n) is 6.85. The summed E-state index contributed by atoms with van der Waals surface area (Å²) in [5, 5.41) is 10.8. The van der Waals surface area contributed by atoms with E-state index in [1.54, 1.807) is 0 Å². The van der Waals surface area contributed by atoms with E-state index in [-0.39, 0.29) is 11.4 Å². The number of halogens is 1. The highest BCUT2D eigenvalue weighted by Gasteiger charge is 2.20. The third kappa shape index (κ3) is 3.66. The first-order chi connectivity index (χ1) is 9.58. The molecular formula is C14H19FN2O3. The third-order valence-electron chi connectivity index (χ3n) is 3.75. The summed E-state index contributed by atoms with van der Waals surface area (Å²) in [7, 11) is 2.08. The summed E-state index contributed by atoms with van der Waals surface area (Å²) in [5.74, 6) is -0.520. The molecule has 0 amide bonds. The lowest BCUT2D eigenvalue weighted by molar-refractivity contribution is -0.385. The number of nitro groups is 1. The van der Waals surface area contributed by atoms with Crippen molar-refractivity contribution < 1.29 is 14.1 Å². The number of ether oxygens (including phenoxy) is 1. The summed E-state index contributed by atoms with van der Waals surface area (Å²) in [6.07, 6.45) is 4.33. The van der Waals surface area contributed by atoms with E-state index in [2.05, 4.69) is 11.9 Å². The fraction of sp³-hybridized carbons (Fsp3) is 0.571. The van der Waals surface area contributed by atoms with Gasteiger partial charge in [-0.2, -0.15) is 0 Å². The van der Waals surface area contributed by atoms with Crippen LogP contribution in [0, 0.1) is 15.9 Å². The SMILES string of the molecule is CN1CCCCC1CCOc1cc(F)ccc1[N+](=O)[O-]. The van der Waals surface area contributed by atoms with Crippen molar-refractivity contribution in [3.8, 4) is 5.75 Å². The van der Waals surface area contributed by atoms with E-state index >= 15 is 0 Å². The van der Waals surface area contributed by atoms with E-state index in [0.717, 1.165) is 37.6 Å². The molecule has 0 bridgehead atoms. The van der Waals surface area contributed by atoms with Gasteiger partial charge in [-0.3, -0.25) is 10.1 Å². The van der Waals surface area contributed by atoms with Crippen LogP contribution in [-0.4, -0.2) is 36.1 Å². The largest absolute Gasteiger partial charge is 0.487 e. The van der Waals surface area contributed by atoms with Gasteiger partial charge in [-0.1, -0.05) is 6.42 Å². The van der Waals surface area contributed by atoms with E-state index in [0.29, 0.717) is 12.6 Å². The van der Waals surface area contributed by atoms with Crippen LogP contribution in [0.3, 0.4) is 0 Å². The maximum atomic E-state index is 13.1. The van der Waals surface area contributed by atoms with Crippen LogP contribution in [0.2, 0.25) is 0 Å². The summed E-state index contributed by atoms with van der Waals surface area (Å²) >= 11 is 0. The van der Waals surface area contributed by atoms with Gasteiger partial charge in [-0.15, -0.1) is 0 Å². The standard InChI is InChI=1S/C14H19FN2O3/c1-16-8-3-2-4-12(16)7-9-20-14-10-11(15)5-6-13(14)17(18)19/h5-6,10,12H,2-4,7-9H2,1H3. The van der Waals surface area contributed by atoms with Crippen molar-refractivity contribution in [2.45, 2.75) is 31.7 Å². The Morgan fingerprint density at radius 2 is 2.30 bits per heavy atom. The molecule has 0 spiro atoms. The molecular weight excluding hydrogens is 263 g/mol. The second kappa shape index (κ2) is 6.65. The van der Waals surface area contributed by atoms with Gasteiger partial charge in [0.2, 0.25) is 0 Å². The van der Waals surface area contributed by atoms with Crippen molar-refractivity contribution in [3.05, 3.63) is 34.1 Å². The molecule has 1 aliphatic heterocycles. The fourth-order valence-corrected chi connectivity index (χ4v) is 2.57. The molecule has 6 heteroatoms. The van der Waals surface area contributed by atoms with Crippen LogP contribution in [0.25, 0.3) is 0 Å². The van der Waals surface area contributed by atoms with Crippen molar-refractivity contribution in [3.63, 3.8) is 0 Å². The average Bonchev–Trinajstić information content (AvgIpc) is 2.41. The molecule has 0 N–H and O–H groups in total. The van der Waals surface area contributed by atoms with Gasteiger partial charge in [-0.05, 0) is 38.9 Å². The molecule has 1 aromatic rings. The van der Waals surface area contributed by atoms with Gasteiger partial charge in [0.15, 0.2) is 5.75 Å². The molecule has 1 unspecified atom stereocenters. The minimum Gasteiger partial charge on any atom is -0.487 e. The Hall–Kier alpha value is -1.69. The second-order valence-corrected chi connectivity index (χ2v) is 5.14. The monoisotopic (exact) mass is 282 g/mol. The topological polar surface area (TPSA) is 55.6 Å². The number of rotatable bonds is 5. The summed E-state index contributed by atoms with van der Waals surface area (Å²) in [6, 6.07) is 3.72. The van der Waals surface area contributed by atoms with Gasteiger partial charge >= 0.3 is 5.69 Å². The van der Waals surface area contributed by atoms with Gasteiger partial charge in [0.05, 0.1) is 11.5 Å². The van der Waals surface area contributed by atoms with Crippen LogP contribution in [0.1, 0.15) is 25.7 Å². The van der Waals surface area contributed by atoms with Crippen molar-refractivity contribution in [1.29, 1.82) is 0 Å². The van der Waals surface area contributed by atoms with Gasteiger partial charge in [0.1, 0.15) is 5.82 Å². The maximum absolute atomic E-state index is 13.1. The first kappa shape index (κ1) is 14.7. The van der Waals surface area contributed by atoms with E-state index in [1.807, 2.05) is 0 Å². The minimum absolute atomic E-state index is 0.00784. The van der Waals surface area contributed by atoms with E-state index in [1.165, 1.54) is 12.8 Å². The van der Waals surface area contributed by atoms with Crippen LogP contribution in [-0.2, 0) is 0 Å². The number of hydrogen-bond donors (Lipinski definition) is 0. The van der Waals surface area contributed by atoms with Gasteiger partial charge in [0, 0.05) is 18.2 Å². The van der Waals surface area contributed by atoms with Crippen LogP contribution < -0.4 is 4.74 Å². The summed E-state index contributed by atoms with van der Waals surface area (Å²) < 4.78 is 18.6. The van der Waals surface area contributed by atoms with E-state index in [9.17, 15) is 14.5 Å². The highest BCUT2D eigenvalue weighted by molar-refractivity contribution is 5.46. The molecule has 5 nitrogen and oxygen atoms in total. The molecule has 0 aliphatic carbocycles. The average molecular weight is 282 g/mol.